The van der Waals surface area contributed by atoms with E-state index in [1.54, 1.807) is 0 Å². The quantitative estimate of drug-likeness (QED) is 0.568. The van der Waals surface area contributed by atoms with Gasteiger partial charge >= 0.3 is 0 Å². The van der Waals surface area contributed by atoms with Crippen LogP contribution in [0.3, 0.4) is 0 Å². The van der Waals surface area contributed by atoms with Crippen LogP contribution >= 0.6 is 23.1 Å². The third-order valence-corrected chi connectivity index (χ3v) is 3.01. The minimum Gasteiger partial charge on any atom is -0.391 e. The molecule has 2 rings (SSSR count). The Morgan fingerprint density at radius 2 is 1.47 bits per heavy atom. The molecule has 94 valence electrons. The lowest BCUT2D eigenvalue weighted by atomic mass is 10.4. The minimum absolute atomic E-state index is 0.0897. The topological polar surface area (TPSA) is 138 Å². The molecular weight excluding hydrogens is 266 g/mol. The van der Waals surface area contributed by atoms with E-state index in [1.807, 2.05) is 0 Å². The van der Waals surface area contributed by atoms with Crippen LogP contribution in [-0.4, -0.2) is 34.5 Å². The van der Waals surface area contributed by atoms with Crippen LogP contribution in [-0.2, 0) is 19.8 Å². The van der Waals surface area contributed by atoms with Crippen molar-refractivity contribution in [2.75, 3.05) is 5.73 Å². The average molecular weight is 277 g/mol. The number of hydrogen-bond donors (Lipinski definition) is 4. The molecule has 0 aliphatic rings. The molecular formula is C7H11N5O3S2. The zero-order valence-electron chi connectivity index (χ0n) is 8.65. The van der Waals surface area contributed by atoms with Gasteiger partial charge in [0.1, 0.15) is 16.4 Å². The van der Waals surface area contributed by atoms with Gasteiger partial charge in [0.2, 0.25) is 0 Å². The Bertz CT molecular complexity index is 428. The second kappa shape index (κ2) is 7.19. The maximum absolute atomic E-state index is 8.56. The highest BCUT2D eigenvalue weighted by Gasteiger charge is 2.03. The molecule has 0 atom stereocenters. The summed E-state index contributed by atoms with van der Waals surface area (Å²) in [7, 11) is 0. The molecule has 2 aromatic rings. The molecule has 0 aliphatic carbocycles. The number of aliphatic hydroxyl groups is 3. The van der Waals surface area contributed by atoms with Crippen LogP contribution in [0.1, 0.15) is 16.3 Å². The van der Waals surface area contributed by atoms with Gasteiger partial charge in [-0.15, -0.1) is 10.2 Å². The number of aliphatic hydroxyl groups excluding tert-OH is 3. The predicted octanol–water partition coefficient (Wildman–Crippen LogP) is -0.865. The van der Waals surface area contributed by atoms with Crippen LogP contribution in [0.4, 0.5) is 5.00 Å². The van der Waals surface area contributed by atoms with Crippen LogP contribution in [0.15, 0.2) is 0 Å². The summed E-state index contributed by atoms with van der Waals surface area (Å²) in [6.07, 6.45) is 0. The van der Waals surface area contributed by atoms with Gasteiger partial charge in [0.05, 0.1) is 24.7 Å². The third-order valence-electron chi connectivity index (χ3n) is 1.66. The van der Waals surface area contributed by atoms with E-state index in [4.69, 9.17) is 21.1 Å². The van der Waals surface area contributed by atoms with Crippen molar-refractivity contribution >= 4 is 28.1 Å². The second-order valence-corrected chi connectivity index (χ2v) is 4.33. The molecule has 0 amide bonds. The first-order valence-corrected chi connectivity index (χ1v) is 5.97. The van der Waals surface area contributed by atoms with Crippen LogP contribution in [0, 0.1) is 0 Å². The van der Waals surface area contributed by atoms with Gasteiger partial charge in [-0.25, -0.2) is 0 Å². The van der Waals surface area contributed by atoms with Gasteiger partial charge in [-0.05, 0) is 11.5 Å². The van der Waals surface area contributed by atoms with E-state index in [-0.39, 0.29) is 19.8 Å². The van der Waals surface area contributed by atoms with Crippen LogP contribution in [0.5, 0.6) is 0 Å². The molecule has 0 saturated carbocycles. The summed E-state index contributed by atoms with van der Waals surface area (Å²) in [4.78, 5) is 0.637. The van der Waals surface area contributed by atoms with Crippen molar-refractivity contribution in [3.8, 4) is 0 Å². The summed E-state index contributed by atoms with van der Waals surface area (Å²) in [5.41, 5.74) is 6.23. The fourth-order valence-electron chi connectivity index (χ4n) is 0.793. The maximum atomic E-state index is 8.56. The van der Waals surface area contributed by atoms with Crippen molar-refractivity contribution in [3.63, 3.8) is 0 Å². The van der Waals surface area contributed by atoms with Crippen molar-refractivity contribution in [2.45, 2.75) is 19.8 Å². The number of anilines is 1. The number of aromatic nitrogens is 4. The molecule has 5 N–H and O–H groups in total. The number of nitrogens with two attached hydrogens (primary N) is 1. The Hall–Kier alpha value is -1.20. The highest BCUT2D eigenvalue weighted by atomic mass is 32.1. The molecule has 8 nitrogen and oxygen atoms in total. The summed E-state index contributed by atoms with van der Waals surface area (Å²) in [6, 6.07) is 0. The zero-order valence-corrected chi connectivity index (χ0v) is 10.3. The van der Waals surface area contributed by atoms with Crippen molar-refractivity contribution in [1.82, 2.24) is 19.2 Å². The first kappa shape index (κ1) is 13.9. The van der Waals surface area contributed by atoms with E-state index in [0.717, 1.165) is 23.1 Å². The lowest BCUT2D eigenvalue weighted by Gasteiger charge is -1.87. The van der Waals surface area contributed by atoms with E-state index in [0.29, 0.717) is 21.3 Å². The van der Waals surface area contributed by atoms with Gasteiger partial charge in [0, 0.05) is 11.5 Å². The Kier molecular flexibility index (Phi) is 5.86. The fourth-order valence-corrected chi connectivity index (χ4v) is 1.74. The van der Waals surface area contributed by atoms with Gasteiger partial charge < -0.3 is 21.1 Å². The van der Waals surface area contributed by atoms with Crippen LogP contribution in [0.25, 0.3) is 0 Å². The van der Waals surface area contributed by atoms with Crippen LogP contribution in [0.2, 0.25) is 0 Å². The summed E-state index contributed by atoms with van der Waals surface area (Å²) in [5, 5.41) is 33.1. The van der Waals surface area contributed by atoms with Crippen molar-refractivity contribution in [3.05, 3.63) is 16.3 Å². The number of nitrogen functional groups attached to an aromatic ring is 1. The molecule has 0 saturated heterocycles. The lowest BCUT2D eigenvalue weighted by molar-refractivity contribution is 0.259. The van der Waals surface area contributed by atoms with Gasteiger partial charge in [-0.3, -0.25) is 0 Å². The van der Waals surface area contributed by atoms with Gasteiger partial charge in [-0.2, -0.15) is 0 Å². The molecule has 0 unspecified atom stereocenters. The molecule has 2 heterocycles. The molecule has 0 radical (unpaired) electrons. The molecule has 0 spiro atoms. The van der Waals surface area contributed by atoms with Crippen LogP contribution < -0.4 is 5.73 Å². The van der Waals surface area contributed by atoms with Gasteiger partial charge in [0.15, 0.2) is 0 Å². The van der Waals surface area contributed by atoms with Crippen molar-refractivity contribution < 1.29 is 15.3 Å². The number of rotatable bonds is 3. The SMILES string of the molecule is Nc1snnc1CO.OCc1nnsc1CO. The molecule has 0 aromatic carbocycles. The maximum Gasteiger partial charge on any atom is 0.133 e. The standard InChI is InChI=1S/C4H6N2O2S.C3H5N3OS/c7-1-3-4(2-8)9-6-5-3;4-3-2(1-7)5-6-8-3/h7-8H,1-2H2;7H,1,4H2. The summed E-state index contributed by atoms with van der Waals surface area (Å²) >= 11 is 2.19. The molecule has 0 bridgehead atoms. The summed E-state index contributed by atoms with van der Waals surface area (Å²) in [5.74, 6) is 0. The Morgan fingerprint density at radius 1 is 0.882 bits per heavy atom. The van der Waals surface area contributed by atoms with E-state index in [1.165, 1.54) is 0 Å². The number of hydrogen-bond acceptors (Lipinski definition) is 10. The normalized spacial score (nSPS) is 9.82. The van der Waals surface area contributed by atoms with Gasteiger partial charge in [0.25, 0.3) is 0 Å². The monoisotopic (exact) mass is 277 g/mol. The smallest absolute Gasteiger partial charge is 0.133 e. The van der Waals surface area contributed by atoms with Crippen molar-refractivity contribution in [1.29, 1.82) is 0 Å². The largest absolute Gasteiger partial charge is 0.391 e. The predicted molar refractivity (Wildman–Crippen MR) is 62.0 cm³/mol. The Labute approximate surface area is 105 Å². The van der Waals surface area contributed by atoms with E-state index < -0.39 is 0 Å². The second-order valence-electron chi connectivity index (χ2n) is 2.70. The summed E-state index contributed by atoms with van der Waals surface area (Å²) in [6.45, 7) is -0.359. The third kappa shape index (κ3) is 3.94. The molecule has 17 heavy (non-hydrogen) atoms. The molecule has 0 fully saturated rings. The number of nitrogens with zero attached hydrogens (tertiary/aromatic N) is 4. The first-order valence-electron chi connectivity index (χ1n) is 4.42. The fraction of sp³-hybridized carbons (Fsp3) is 0.429. The molecule has 10 heteroatoms. The van der Waals surface area contributed by atoms with E-state index >= 15 is 0 Å². The Balaban J connectivity index is 0.000000171. The zero-order chi connectivity index (χ0) is 12.7. The summed E-state index contributed by atoms with van der Waals surface area (Å²) < 4.78 is 7.03. The molecule has 2 aromatic heterocycles. The van der Waals surface area contributed by atoms with Gasteiger partial charge in [-0.1, -0.05) is 8.98 Å². The first-order chi connectivity index (χ1) is 8.22. The average Bonchev–Trinajstić information content (AvgIpc) is 2.97. The van der Waals surface area contributed by atoms with E-state index in [9.17, 15) is 0 Å². The molecule has 0 aliphatic heterocycles. The Morgan fingerprint density at radius 3 is 1.82 bits per heavy atom. The minimum atomic E-state index is -0.146. The highest BCUT2D eigenvalue weighted by molar-refractivity contribution is 7.09. The highest BCUT2D eigenvalue weighted by Crippen LogP contribution is 2.10. The van der Waals surface area contributed by atoms with Crippen molar-refractivity contribution in [2.24, 2.45) is 0 Å². The lowest BCUT2D eigenvalue weighted by Crippen LogP contribution is -1.89. The van der Waals surface area contributed by atoms with E-state index in [2.05, 4.69) is 19.2 Å².